The zero-order valence-corrected chi connectivity index (χ0v) is 18.4. The van der Waals surface area contributed by atoms with Gasteiger partial charge in [0.2, 0.25) is 0 Å². The summed E-state index contributed by atoms with van der Waals surface area (Å²) in [6, 6.07) is 10.0. The first kappa shape index (κ1) is 23.8. The molecule has 3 heterocycles. The van der Waals surface area contributed by atoms with Crippen molar-refractivity contribution in [2.45, 2.75) is 43.9 Å². The quantitative estimate of drug-likeness (QED) is 0.371. The number of nitrogens with zero attached hydrogens (tertiary/aromatic N) is 4. The molecule has 4 rings (SSSR count). The minimum absolute atomic E-state index is 0.0873. The average molecular weight is 469 g/mol. The van der Waals surface area contributed by atoms with E-state index in [0.717, 1.165) is 19.4 Å². The van der Waals surface area contributed by atoms with Gasteiger partial charge in [0, 0.05) is 37.3 Å². The molecule has 0 spiro atoms. The molecule has 1 fully saturated rings. The highest BCUT2D eigenvalue weighted by Gasteiger charge is 2.45. The summed E-state index contributed by atoms with van der Waals surface area (Å²) in [6.45, 7) is 0.697. The van der Waals surface area contributed by atoms with E-state index in [1.54, 1.807) is 42.9 Å². The molecule has 4 atom stereocenters. The van der Waals surface area contributed by atoms with Gasteiger partial charge in [-0.15, -0.1) is 0 Å². The summed E-state index contributed by atoms with van der Waals surface area (Å²) in [4.78, 5) is 32.9. The molecule has 0 unspecified atom stereocenters. The van der Waals surface area contributed by atoms with Crippen LogP contribution in [-0.2, 0) is 16.0 Å². The number of benzene rings is 1. The fraction of sp³-hybridized carbons (Fsp3) is 0.391. The van der Waals surface area contributed by atoms with Crippen LogP contribution in [-0.4, -0.2) is 66.7 Å². The summed E-state index contributed by atoms with van der Waals surface area (Å²) in [7, 11) is 0. The molecule has 2 aromatic heterocycles. The number of aromatic nitrogens is 4. The summed E-state index contributed by atoms with van der Waals surface area (Å²) in [6.07, 6.45) is 4.45. The predicted molar refractivity (Wildman–Crippen MR) is 121 cm³/mol. The summed E-state index contributed by atoms with van der Waals surface area (Å²) in [5, 5.41) is 22.7. The Kier molecular flexibility index (Phi) is 7.80. The Bertz CT molecular complexity index is 1120. The number of unbranched alkanes of at least 4 members (excludes halogenated alkanes) is 1. The van der Waals surface area contributed by atoms with Gasteiger partial charge in [0.15, 0.2) is 6.23 Å². The first-order valence-electron chi connectivity index (χ1n) is 11.0. The topological polar surface area (TPSA) is 141 Å². The van der Waals surface area contributed by atoms with Crippen LogP contribution in [0.25, 0.3) is 0 Å². The molecular weight excluding hydrogens is 442 g/mol. The van der Waals surface area contributed by atoms with E-state index in [1.165, 1.54) is 16.8 Å². The van der Waals surface area contributed by atoms with E-state index < -0.39 is 42.7 Å². The maximum Gasteiger partial charge on any atom is 0.351 e. The number of ether oxygens (including phenoxy) is 2. The lowest BCUT2D eigenvalue weighted by atomic mass is 10.1. The lowest BCUT2D eigenvalue weighted by Crippen LogP contribution is -2.38. The molecule has 0 aliphatic carbocycles. The van der Waals surface area contributed by atoms with Crippen molar-refractivity contribution in [3.8, 4) is 0 Å². The lowest BCUT2D eigenvalue weighted by molar-refractivity contribution is -0.0749. The smallest absolute Gasteiger partial charge is 0.351 e. The van der Waals surface area contributed by atoms with Crippen molar-refractivity contribution in [1.29, 1.82) is 0 Å². The number of nitrogens with one attached hydrogen (secondary N) is 1. The molecule has 34 heavy (non-hydrogen) atoms. The number of aliphatic hydroxyl groups is 2. The SMILES string of the molecule is O=C(Nc1ccn([C@@H]2O[C@H](CO)[C@@H](O)[C@H]2OCCCCn2ccnc2)c(=O)n1)c1ccccc1. The summed E-state index contributed by atoms with van der Waals surface area (Å²) >= 11 is 0. The van der Waals surface area contributed by atoms with E-state index in [1.807, 2.05) is 10.8 Å². The van der Waals surface area contributed by atoms with Crippen molar-refractivity contribution in [3.05, 3.63) is 77.4 Å². The number of carbonyl (C=O) groups excluding carboxylic acids is 1. The molecule has 3 aromatic rings. The molecule has 1 amide bonds. The maximum absolute atomic E-state index is 12.7. The zero-order chi connectivity index (χ0) is 23.9. The van der Waals surface area contributed by atoms with Crippen LogP contribution in [0.15, 0.2) is 66.1 Å². The van der Waals surface area contributed by atoms with Crippen LogP contribution in [0.4, 0.5) is 5.82 Å². The maximum atomic E-state index is 12.7. The fourth-order valence-electron chi connectivity index (χ4n) is 3.76. The van der Waals surface area contributed by atoms with Gasteiger partial charge in [0.25, 0.3) is 5.91 Å². The van der Waals surface area contributed by atoms with E-state index in [4.69, 9.17) is 9.47 Å². The van der Waals surface area contributed by atoms with Crippen LogP contribution in [0.3, 0.4) is 0 Å². The number of amides is 1. The molecule has 1 saturated heterocycles. The highest BCUT2D eigenvalue weighted by molar-refractivity contribution is 6.03. The van der Waals surface area contributed by atoms with Crippen molar-refractivity contribution < 1.29 is 24.5 Å². The second-order valence-corrected chi connectivity index (χ2v) is 7.90. The van der Waals surface area contributed by atoms with Crippen LogP contribution in [0.1, 0.15) is 29.4 Å². The van der Waals surface area contributed by atoms with Gasteiger partial charge in [-0.25, -0.2) is 9.78 Å². The molecule has 11 heteroatoms. The monoisotopic (exact) mass is 469 g/mol. The van der Waals surface area contributed by atoms with Crippen molar-refractivity contribution in [2.75, 3.05) is 18.5 Å². The minimum Gasteiger partial charge on any atom is -0.394 e. The van der Waals surface area contributed by atoms with E-state index in [2.05, 4.69) is 15.3 Å². The molecule has 0 saturated carbocycles. The first-order valence-corrected chi connectivity index (χ1v) is 11.0. The number of anilines is 1. The highest BCUT2D eigenvalue weighted by atomic mass is 16.6. The van der Waals surface area contributed by atoms with Gasteiger partial charge in [-0.05, 0) is 31.0 Å². The van der Waals surface area contributed by atoms with Crippen LogP contribution < -0.4 is 11.0 Å². The Labute approximate surface area is 195 Å². The number of hydrogen-bond acceptors (Lipinski definition) is 8. The Morgan fingerprint density at radius 3 is 2.71 bits per heavy atom. The van der Waals surface area contributed by atoms with Gasteiger partial charge in [0.05, 0.1) is 12.9 Å². The summed E-state index contributed by atoms with van der Waals surface area (Å²) in [5.74, 6) is -0.306. The van der Waals surface area contributed by atoms with Crippen molar-refractivity contribution in [3.63, 3.8) is 0 Å². The molecule has 0 bridgehead atoms. The lowest BCUT2D eigenvalue weighted by Gasteiger charge is -2.22. The van der Waals surface area contributed by atoms with Crippen LogP contribution >= 0.6 is 0 Å². The van der Waals surface area contributed by atoms with E-state index >= 15 is 0 Å². The van der Waals surface area contributed by atoms with E-state index in [0.29, 0.717) is 12.2 Å². The molecule has 3 N–H and O–H groups in total. The molecule has 1 aromatic carbocycles. The molecule has 180 valence electrons. The Balaban J connectivity index is 1.40. The Hall–Kier alpha value is -3.38. The summed E-state index contributed by atoms with van der Waals surface area (Å²) < 4.78 is 14.7. The number of aryl methyl sites for hydroxylation is 1. The number of carbonyl (C=O) groups is 1. The largest absolute Gasteiger partial charge is 0.394 e. The van der Waals surface area contributed by atoms with E-state index in [9.17, 15) is 19.8 Å². The fourth-order valence-corrected chi connectivity index (χ4v) is 3.76. The van der Waals surface area contributed by atoms with Crippen molar-refractivity contribution >= 4 is 11.7 Å². The molecule has 0 radical (unpaired) electrons. The van der Waals surface area contributed by atoms with Gasteiger partial charge in [0.1, 0.15) is 24.1 Å². The predicted octanol–water partition coefficient (Wildman–Crippen LogP) is 0.808. The normalized spacial score (nSPS) is 22.1. The second-order valence-electron chi connectivity index (χ2n) is 7.90. The van der Waals surface area contributed by atoms with E-state index in [-0.39, 0.29) is 5.82 Å². The molecular formula is C23H27N5O6. The molecule has 1 aliphatic heterocycles. The highest BCUT2D eigenvalue weighted by Crippen LogP contribution is 2.31. The number of hydrogen-bond donors (Lipinski definition) is 3. The van der Waals surface area contributed by atoms with Gasteiger partial charge in [-0.1, -0.05) is 18.2 Å². The number of rotatable bonds is 10. The van der Waals surface area contributed by atoms with Gasteiger partial charge >= 0.3 is 5.69 Å². The van der Waals surface area contributed by atoms with Crippen LogP contribution in [0.2, 0.25) is 0 Å². The number of imidazole rings is 1. The number of aliphatic hydroxyl groups excluding tert-OH is 2. The molecule has 1 aliphatic rings. The zero-order valence-electron chi connectivity index (χ0n) is 18.4. The Morgan fingerprint density at radius 2 is 2.00 bits per heavy atom. The van der Waals surface area contributed by atoms with Crippen LogP contribution in [0.5, 0.6) is 0 Å². The summed E-state index contributed by atoms with van der Waals surface area (Å²) in [5.41, 5.74) is -0.252. The Morgan fingerprint density at radius 1 is 1.18 bits per heavy atom. The van der Waals surface area contributed by atoms with Crippen LogP contribution in [0, 0.1) is 0 Å². The molecule has 11 nitrogen and oxygen atoms in total. The first-order chi connectivity index (χ1) is 16.6. The average Bonchev–Trinajstić information content (AvgIpc) is 3.47. The third-order valence-corrected chi connectivity index (χ3v) is 5.55. The standard InChI is InChI=1S/C23H27N5O6/c29-14-17-19(30)20(33-13-5-4-10-27-12-9-24-15-27)22(34-17)28-11-8-18(26-23(28)32)25-21(31)16-6-2-1-3-7-16/h1-3,6-9,11-12,15,17,19-20,22,29-30H,4-5,10,13-14H2,(H,25,26,31,32)/t17-,19-,20-,22-/m1/s1. The van der Waals surface area contributed by atoms with Crippen molar-refractivity contribution in [2.24, 2.45) is 0 Å². The third-order valence-electron chi connectivity index (χ3n) is 5.55. The second kappa shape index (κ2) is 11.2. The minimum atomic E-state index is -1.12. The van der Waals surface area contributed by atoms with Gasteiger partial charge < -0.3 is 29.6 Å². The van der Waals surface area contributed by atoms with Gasteiger partial charge in [-0.3, -0.25) is 9.36 Å². The van der Waals surface area contributed by atoms with Crippen molar-refractivity contribution in [1.82, 2.24) is 19.1 Å². The van der Waals surface area contributed by atoms with Gasteiger partial charge in [-0.2, -0.15) is 4.98 Å². The third kappa shape index (κ3) is 5.57.